The van der Waals surface area contributed by atoms with Crippen LogP contribution in [0.1, 0.15) is 42.5 Å². The number of sulfonamides is 1. The molecule has 0 fully saturated rings. The zero-order valence-corrected chi connectivity index (χ0v) is 27.7. The first-order valence-corrected chi connectivity index (χ1v) is 16.8. The average Bonchev–Trinajstić information content (AvgIpc) is 3.03. The number of nitrogens with zero attached hydrogens (tertiary/aromatic N) is 2. The number of amides is 2. The highest BCUT2D eigenvalue weighted by Crippen LogP contribution is 2.28. The van der Waals surface area contributed by atoms with Gasteiger partial charge in [0.05, 0.1) is 10.6 Å². The first-order valence-electron chi connectivity index (χ1n) is 15.0. The number of para-hydroxylation sites is 1. The second-order valence-electron chi connectivity index (χ2n) is 11.3. The first kappa shape index (κ1) is 33.7. The molecule has 0 aliphatic carbocycles. The molecule has 1 N–H and O–H groups in total. The third-order valence-electron chi connectivity index (χ3n) is 7.81. The molecule has 2 amide bonds. The standard InChI is InChI=1S/C36H40ClN3O4S/c1-5-28(4)38-36(42)34(23-29-12-7-6-8-13-29)39(24-30-17-19-31(37)20-18-30)35(41)25-40(33-14-10-9-11-27(33)3)45(43,44)32-21-15-26(2)16-22-32/h6-22,28,34H,5,23-25H2,1-4H3,(H,38,42)/t28-,34+/m1/s1. The molecule has 0 saturated heterocycles. The molecule has 0 heterocycles. The topological polar surface area (TPSA) is 86.8 Å². The monoisotopic (exact) mass is 645 g/mol. The lowest BCUT2D eigenvalue weighted by Gasteiger charge is -2.34. The summed E-state index contributed by atoms with van der Waals surface area (Å²) in [5, 5.41) is 3.59. The number of rotatable bonds is 13. The molecule has 0 aromatic heterocycles. The number of anilines is 1. The van der Waals surface area contributed by atoms with Crippen molar-refractivity contribution in [3.8, 4) is 0 Å². The van der Waals surface area contributed by atoms with Gasteiger partial charge in [-0.25, -0.2) is 8.42 Å². The Balaban J connectivity index is 1.81. The van der Waals surface area contributed by atoms with Gasteiger partial charge in [0.1, 0.15) is 12.6 Å². The van der Waals surface area contributed by atoms with Crippen molar-refractivity contribution in [2.24, 2.45) is 0 Å². The molecule has 0 spiro atoms. The SMILES string of the molecule is CC[C@@H](C)NC(=O)[C@H](Cc1ccccc1)N(Cc1ccc(Cl)cc1)C(=O)CN(c1ccccc1C)S(=O)(=O)c1ccc(C)cc1. The number of aryl methyl sites for hydroxylation is 2. The van der Waals surface area contributed by atoms with Gasteiger partial charge in [-0.1, -0.05) is 96.9 Å². The molecule has 45 heavy (non-hydrogen) atoms. The quantitative estimate of drug-likeness (QED) is 0.175. The third kappa shape index (κ3) is 8.74. The van der Waals surface area contributed by atoms with Crippen LogP contribution in [0.5, 0.6) is 0 Å². The Kier molecular flexibility index (Phi) is 11.4. The molecule has 0 saturated carbocycles. The maximum atomic E-state index is 14.5. The molecule has 7 nitrogen and oxygen atoms in total. The van der Waals surface area contributed by atoms with Crippen molar-refractivity contribution in [2.45, 2.75) is 64.1 Å². The third-order valence-corrected chi connectivity index (χ3v) is 9.84. The first-order chi connectivity index (χ1) is 21.5. The normalized spacial score (nSPS) is 12.6. The fraction of sp³-hybridized carbons (Fsp3) is 0.278. The summed E-state index contributed by atoms with van der Waals surface area (Å²) in [6.45, 7) is 7.15. The highest BCUT2D eigenvalue weighted by Gasteiger charge is 2.35. The minimum absolute atomic E-state index is 0.0729. The number of halogens is 1. The summed E-state index contributed by atoms with van der Waals surface area (Å²) in [6, 6.07) is 29.1. The van der Waals surface area contributed by atoms with Crippen molar-refractivity contribution in [3.05, 3.63) is 130 Å². The number of carbonyl (C=O) groups excluding carboxylic acids is 2. The fourth-order valence-corrected chi connectivity index (χ4v) is 6.58. The maximum Gasteiger partial charge on any atom is 0.264 e. The van der Waals surface area contributed by atoms with Crippen LogP contribution in [0.15, 0.2) is 108 Å². The zero-order chi connectivity index (χ0) is 32.6. The molecular weight excluding hydrogens is 606 g/mol. The molecule has 0 unspecified atom stereocenters. The highest BCUT2D eigenvalue weighted by atomic mass is 35.5. The van der Waals surface area contributed by atoms with Crippen molar-refractivity contribution in [1.82, 2.24) is 10.2 Å². The minimum Gasteiger partial charge on any atom is -0.352 e. The summed E-state index contributed by atoms with van der Waals surface area (Å²) in [4.78, 5) is 30.0. The van der Waals surface area contributed by atoms with Gasteiger partial charge in [-0.2, -0.15) is 0 Å². The van der Waals surface area contributed by atoms with Crippen LogP contribution in [-0.2, 0) is 32.6 Å². The van der Waals surface area contributed by atoms with Crippen molar-refractivity contribution >= 4 is 39.1 Å². The molecule has 4 aromatic carbocycles. The lowest BCUT2D eigenvalue weighted by atomic mass is 10.0. The molecule has 9 heteroatoms. The summed E-state index contributed by atoms with van der Waals surface area (Å²) in [5.74, 6) is -0.816. The van der Waals surface area contributed by atoms with E-state index in [1.807, 2.05) is 57.2 Å². The smallest absolute Gasteiger partial charge is 0.264 e. The molecular formula is C36H40ClN3O4S. The molecule has 4 rings (SSSR count). The van der Waals surface area contributed by atoms with Gasteiger partial charge in [-0.3, -0.25) is 13.9 Å². The van der Waals surface area contributed by atoms with E-state index in [-0.39, 0.29) is 29.8 Å². The molecule has 0 bridgehead atoms. The van der Waals surface area contributed by atoms with Crippen LogP contribution < -0.4 is 9.62 Å². The average molecular weight is 646 g/mol. The predicted molar refractivity (Wildman–Crippen MR) is 181 cm³/mol. The van der Waals surface area contributed by atoms with Crippen LogP contribution >= 0.6 is 11.6 Å². The summed E-state index contributed by atoms with van der Waals surface area (Å²) in [7, 11) is -4.16. The molecule has 0 aliphatic rings. The maximum absolute atomic E-state index is 14.5. The summed E-state index contributed by atoms with van der Waals surface area (Å²) in [6.07, 6.45) is 0.961. The van der Waals surface area contributed by atoms with Crippen LogP contribution in [0.3, 0.4) is 0 Å². The van der Waals surface area contributed by atoms with Gasteiger partial charge >= 0.3 is 0 Å². The summed E-state index contributed by atoms with van der Waals surface area (Å²) >= 11 is 6.16. The molecule has 0 radical (unpaired) electrons. The van der Waals surface area contributed by atoms with Gasteiger partial charge in [0, 0.05) is 24.0 Å². The number of nitrogens with one attached hydrogen (secondary N) is 1. The van der Waals surface area contributed by atoms with Crippen LogP contribution in [0.2, 0.25) is 5.02 Å². The highest BCUT2D eigenvalue weighted by molar-refractivity contribution is 7.92. The molecule has 4 aromatic rings. The largest absolute Gasteiger partial charge is 0.352 e. The van der Waals surface area contributed by atoms with E-state index in [9.17, 15) is 18.0 Å². The molecule has 236 valence electrons. The number of benzene rings is 4. The van der Waals surface area contributed by atoms with Gasteiger partial charge in [-0.05, 0) is 74.2 Å². The Morgan fingerprint density at radius 1 is 0.822 bits per heavy atom. The predicted octanol–water partition coefficient (Wildman–Crippen LogP) is 6.71. The van der Waals surface area contributed by atoms with Crippen molar-refractivity contribution < 1.29 is 18.0 Å². The van der Waals surface area contributed by atoms with Gasteiger partial charge in [0.15, 0.2) is 0 Å². The summed E-state index contributed by atoms with van der Waals surface area (Å²) in [5.41, 5.74) is 3.63. The van der Waals surface area contributed by atoms with Crippen molar-refractivity contribution in [3.63, 3.8) is 0 Å². The second-order valence-corrected chi connectivity index (χ2v) is 13.6. The Bertz CT molecular complexity index is 1690. The van der Waals surface area contributed by atoms with E-state index in [4.69, 9.17) is 11.6 Å². The fourth-order valence-electron chi connectivity index (χ4n) is 4.98. The van der Waals surface area contributed by atoms with Crippen molar-refractivity contribution in [1.29, 1.82) is 0 Å². The Morgan fingerprint density at radius 2 is 1.44 bits per heavy atom. The Labute approximate surface area is 271 Å². The van der Waals surface area contributed by atoms with Gasteiger partial charge in [0.2, 0.25) is 11.8 Å². The van der Waals surface area contributed by atoms with Crippen LogP contribution in [0, 0.1) is 13.8 Å². The van der Waals surface area contributed by atoms with Crippen LogP contribution in [-0.4, -0.2) is 43.8 Å². The van der Waals surface area contributed by atoms with Crippen LogP contribution in [0.4, 0.5) is 5.69 Å². The van der Waals surface area contributed by atoms with Gasteiger partial charge in [0.25, 0.3) is 10.0 Å². The van der Waals surface area contributed by atoms with Crippen molar-refractivity contribution in [2.75, 3.05) is 10.8 Å². The minimum atomic E-state index is -4.16. The van der Waals surface area contributed by atoms with Gasteiger partial charge in [-0.15, -0.1) is 0 Å². The number of hydrogen-bond acceptors (Lipinski definition) is 4. The van der Waals surface area contributed by atoms with E-state index in [0.29, 0.717) is 22.7 Å². The summed E-state index contributed by atoms with van der Waals surface area (Å²) < 4.78 is 29.5. The zero-order valence-electron chi connectivity index (χ0n) is 26.1. The Hall–Kier alpha value is -4.14. The number of hydrogen-bond donors (Lipinski definition) is 1. The van der Waals surface area contributed by atoms with E-state index < -0.39 is 28.5 Å². The van der Waals surface area contributed by atoms with Gasteiger partial charge < -0.3 is 10.2 Å². The van der Waals surface area contributed by atoms with Crippen LogP contribution in [0.25, 0.3) is 0 Å². The number of carbonyl (C=O) groups is 2. The van der Waals surface area contributed by atoms with E-state index in [1.165, 1.54) is 4.90 Å². The molecule has 2 atom stereocenters. The molecule has 0 aliphatic heterocycles. The Morgan fingerprint density at radius 3 is 2.07 bits per heavy atom. The van der Waals surface area contributed by atoms with E-state index in [0.717, 1.165) is 21.0 Å². The van der Waals surface area contributed by atoms with E-state index in [1.54, 1.807) is 73.7 Å². The van der Waals surface area contributed by atoms with E-state index >= 15 is 0 Å². The van der Waals surface area contributed by atoms with E-state index in [2.05, 4.69) is 5.32 Å². The lowest BCUT2D eigenvalue weighted by molar-refractivity contribution is -0.140. The second kappa shape index (κ2) is 15.2. The lowest BCUT2D eigenvalue weighted by Crippen LogP contribution is -2.54.